The number of rotatable bonds is 3. The molecule has 0 aliphatic carbocycles. The van der Waals surface area contributed by atoms with E-state index in [4.69, 9.17) is 5.11 Å². The molecular formula is C13H8BrIO2S. The molecule has 0 spiro atoms. The van der Waals surface area contributed by atoms with E-state index in [0.717, 1.165) is 14.3 Å². The van der Waals surface area contributed by atoms with Crippen LogP contribution in [-0.2, 0) is 0 Å². The maximum Gasteiger partial charge on any atom is 0.335 e. The third kappa shape index (κ3) is 3.49. The summed E-state index contributed by atoms with van der Waals surface area (Å²) in [6.45, 7) is 0. The number of carboxylic acids is 1. The van der Waals surface area contributed by atoms with Crippen LogP contribution in [0.2, 0.25) is 0 Å². The molecule has 0 unspecified atom stereocenters. The average molecular weight is 435 g/mol. The topological polar surface area (TPSA) is 37.3 Å². The van der Waals surface area contributed by atoms with Crippen LogP contribution in [-0.4, -0.2) is 11.1 Å². The lowest BCUT2D eigenvalue weighted by Crippen LogP contribution is -1.94. The molecule has 2 nitrogen and oxygen atoms in total. The van der Waals surface area contributed by atoms with Crippen LogP contribution < -0.4 is 0 Å². The van der Waals surface area contributed by atoms with Crippen LogP contribution in [0.5, 0.6) is 0 Å². The molecule has 0 aliphatic heterocycles. The number of carboxylic acid groups (broad SMARTS) is 1. The van der Waals surface area contributed by atoms with Crippen molar-refractivity contribution < 1.29 is 9.90 Å². The molecule has 18 heavy (non-hydrogen) atoms. The Morgan fingerprint density at radius 2 is 1.83 bits per heavy atom. The zero-order valence-corrected chi connectivity index (χ0v) is 13.6. The van der Waals surface area contributed by atoms with Gasteiger partial charge >= 0.3 is 5.97 Å². The first-order chi connectivity index (χ1) is 8.56. The number of hydrogen-bond donors (Lipinski definition) is 1. The number of benzene rings is 2. The van der Waals surface area contributed by atoms with E-state index < -0.39 is 5.97 Å². The second kappa shape index (κ2) is 6.08. The van der Waals surface area contributed by atoms with E-state index in [1.165, 1.54) is 3.57 Å². The maximum absolute atomic E-state index is 10.7. The highest BCUT2D eigenvalue weighted by Gasteiger charge is 2.05. The SMILES string of the molecule is O=C(O)c1ccc(Sc2ccc(I)cc2Br)cc1. The first-order valence-electron chi connectivity index (χ1n) is 5.02. The lowest BCUT2D eigenvalue weighted by atomic mass is 10.2. The molecule has 0 amide bonds. The molecule has 0 saturated carbocycles. The largest absolute Gasteiger partial charge is 0.478 e. The van der Waals surface area contributed by atoms with Crippen LogP contribution in [0.25, 0.3) is 0 Å². The third-order valence-electron chi connectivity index (χ3n) is 2.22. The number of aromatic carboxylic acids is 1. The highest BCUT2D eigenvalue weighted by Crippen LogP contribution is 2.34. The molecule has 0 aromatic heterocycles. The van der Waals surface area contributed by atoms with E-state index in [0.29, 0.717) is 5.56 Å². The van der Waals surface area contributed by atoms with E-state index in [1.807, 2.05) is 24.3 Å². The van der Waals surface area contributed by atoms with Gasteiger partial charge in [0.15, 0.2) is 0 Å². The van der Waals surface area contributed by atoms with E-state index in [-0.39, 0.29) is 0 Å². The van der Waals surface area contributed by atoms with Gasteiger partial charge in [-0.2, -0.15) is 0 Å². The minimum atomic E-state index is -0.901. The normalized spacial score (nSPS) is 10.3. The molecule has 0 saturated heterocycles. The number of halogens is 2. The van der Waals surface area contributed by atoms with Gasteiger partial charge in [0.2, 0.25) is 0 Å². The summed E-state index contributed by atoms with van der Waals surface area (Å²) in [6.07, 6.45) is 0. The van der Waals surface area contributed by atoms with Gasteiger partial charge in [-0.25, -0.2) is 4.79 Å². The summed E-state index contributed by atoms with van der Waals surface area (Å²) >= 11 is 7.38. The monoisotopic (exact) mass is 434 g/mol. The highest BCUT2D eigenvalue weighted by atomic mass is 127. The predicted molar refractivity (Wildman–Crippen MR) is 84.4 cm³/mol. The molecule has 0 bridgehead atoms. The average Bonchev–Trinajstić information content (AvgIpc) is 2.33. The Hall–Kier alpha value is -0.530. The third-order valence-corrected chi connectivity index (χ3v) is 4.90. The van der Waals surface area contributed by atoms with Crippen molar-refractivity contribution in [3.63, 3.8) is 0 Å². The quantitative estimate of drug-likeness (QED) is 0.698. The summed E-state index contributed by atoms with van der Waals surface area (Å²) in [5.41, 5.74) is 0.307. The highest BCUT2D eigenvalue weighted by molar-refractivity contribution is 14.1. The van der Waals surface area contributed by atoms with E-state index in [2.05, 4.69) is 44.6 Å². The maximum atomic E-state index is 10.7. The van der Waals surface area contributed by atoms with E-state index in [9.17, 15) is 4.79 Å². The number of hydrogen-bond acceptors (Lipinski definition) is 2. The van der Waals surface area contributed by atoms with Gasteiger partial charge in [-0.05, 0) is 81.0 Å². The van der Waals surface area contributed by atoms with Crippen molar-refractivity contribution in [1.82, 2.24) is 0 Å². The summed E-state index contributed by atoms with van der Waals surface area (Å²) < 4.78 is 2.21. The van der Waals surface area contributed by atoms with Crippen LogP contribution in [0.15, 0.2) is 56.7 Å². The van der Waals surface area contributed by atoms with Gasteiger partial charge in [0.1, 0.15) is 0 Å². The van der Waals surface area contributed by atoms with Crippen molar-refractivity contribution in [2.24, 2.45) is 0 Å². The van der Waals surface area contributed by atoms with Crippen molar-refractivity contribution >= 4 is 56.3 Å². The lowest BCUT2D eigenvalue weighted by molar-refractivity contribution is 0.0697. The first kappa shape index (κ1) is 13.9. The smallest absolute Gasteiger partial charge is 0.335 e. The zero-order valence-electron chi connectivity index (χ0n) is 9.06. The summed E-state index contributed by atoms with van der Waals surface area (Å²) in [5, 5.41) is 8.82. The Kier molecular flexibility index (Phi) is 4.69. The minimum Gasteiger partial charge on any atom is -0.478 e. The fraction of sp³-hybridized carbons (Fsp3) is 0. The van der Waals surface area contributed by atoms with Gasteiger partial charge in [-0.1, -0.05) is 11.8 Å². The summed E-state index contributed by atoms with van der Waals surface area (Å²) in [7, 11) is 0. The van der Waals surface area contributed by atoms with Crippen LogP contribution in [0.3, 0.4) is 0 Å². The fourth-order valence-electron chi connectivity index (χ4n) is 1.35. The van der Waals surface area contributed by atoms with Crippen LogP contribution in [0.1, 0.15) is 10.4 Å². The first-order valence-corrected chi connectivity index (χ1v) is 7.71. The van der Waals surface area contributed by atoms with Gasteiger partial charge < -0.3 is 5.11 Å². The summed E-state index contributed by atoms with van der Waals surface area (Å²) in [6, 6.07) is 13.0. The van der Waals surface area contributed by atoms with Crippen molar-refractivity contribution in [2.45, 2.75) is 9.79 Å². The Balaban J connectivity index is 2.21. The van der Waals surface area contributed by atoms with Crippen LogP contribution in [0, 0.1) is 3.57 Å². The van der Waals surface area contributed by atoms with Gasteiger partial charge in [0.05, 0.1) is 5.56 Å². The Morgan fingerprint density at radius 3 is 2.39 bits per heavy atom. The van der Waals surface area contributed by atoms with E-state index in [1.54, 1.807) is 23.9 Å². The van der Waals surface area contributed by atoms with Crippen molar-refractivity contribution in [3.05, 3.63) is 56.1 Å². The molecule has 5 heteroatoms. The molecule has 0 fully saturated rings. The van der Waals surface area contributed by atoms with Crippen LogP contribution >= 0.6 is 50.3 Å². The molecule has 92 valence electrons. The second-order valence-corrected chi connectivity index (χ2v) is 6.72. The Labute approximate surface area is 131 Å². The lowest BCUT2D eigenvalue weighted by Gasteiger charge is -2.05. The van der Waals surface area contributed by atoms with E-state index >= 15 is 0 Å². The standard InChI is InChI=1S/C13H8BrIO2S/c14-11-7-9(15)3-6-12(11)18-10-4-1-8(2-5-10)13(16)17/h1-7H,(H,16,17). The molecule has 0 radical (unpaired) electrons. The molecule has 2 rings (SSSR count). The predicted octanol–water partition coefficient (Wildman–Crippen LogP) is 4.90. The van der Waals surface area contributed by atoms with Crippen LogP contribution in [0.4, 0.5) is 0 Å². The molecular weight excluding hydrogens is 427 g/mol. The van der Waals surface area contributed by atoms with Crippen molar-refractivity contribution in [2.75, 3.05) is 0 Å². The Bertz CT molecular complexity index is 584. The molecule has 0 atom stereocenters. The molecule has 0 heterocycles. The fourth-order valence-corrected chi connectivity index (χ4v) is 3.71. The van der Waals surface area contributed by atoms with Gasteiger partial charge in [-0.15, -0.1) is 0 Å². The number of carbonyl (C=O) groups is 1. The molecule has 2 aromatic rings. The summed E-state index contributed by atoms with van der Waals surface area (Å²) in [5.74, 6) is -0.901. The second-order valence-electron chi connectivity index (χ2n) is 3.51. The zero-order chi connectivity index (χ0) is 13.1. The van der Waals surface area contributed by atoms with Crippen molar-refractivity contribution in [3.8, 4) is 0 Å². The van der Waals surface area contributed by atoms with Gasteiger partial charge in [0, 0.05) is 17.8 Å². The molecule has 2 aromatic carbocycles. The summed E-state index contributed by atoms with van der Waals surface area (Å²) in [4.78, 5) is 12.9. The molecule has 0 aliphatic rings. The van der Waals surface area contributed by atoms with Gasteiger partial charge in [-0.3, -0.25) is 0 Å². The minimum absolute atomic E-state index is 0.307. The molecule has 1 N–H and O–H groups in total. The van der Waals surface area contributed by atoms with Crippen molar-refractivity contribution in [1.29, 1.82) is 0 Å². The van der Waals surface area contributed by atoms with Gasteiger partial charge in [0.25, 0.3) is 0 Å². The Morgan fingerprint density at radius 1 is 1.17 bits per heavy atom.